The molecule has 0 bridgehead atoms. The number of carbonyl (C=O) groups excluding carboxylic acids is 3. The van der Waals surface area contributed by atoms with Gasteiger partial charge in [0.25, 0.3) is 5.91 Å². The number of amides is 1. The van der Waals surface area contributed by atoms with Gasteiger partial charge in [0.15, 0.2) is 29.6 Å². The molecule has 8 nitrogen and oxygen atoms in total. The number of ketones is 1. The first-order chi connectivity index (χ1) is 13.1. The number of rotatable bonds is 5. The Balaban J connectivity index is 1.37. The largest absolute Gasteiger partial charge is 0.459 e. The zero-order valence-corrected chi connectivity index (χ0v) is 14.4. The van der Waals surface area contributed by atoms with Crippen molar-refractivity contribution in [2.45, 2.75) is 18.9 Å². The third-order valence-corrected chi connectivity index (χ3v) is 4.56. The topological polar surface area (TPSA) is 95.3 Å². The molecule has 0 saturated carbocycles. The Labute approximate surface area is 154 Å². The van der Waals surface area contributed by atoms with Crippen molar-refractivity contribution in [3.63, 3.8) is 0 Å². The summed E-state index contributed by atoms with van der Waals surface area (Å²) >= 11 is 0. The summed E-state index contributed by atoms with van der Waals surface area (Å²) in [7, 11) is 0. The zero-order chi connectivity index (χ0) is 18.8. The fourth-order valence-corrected chi connectivity index (χ4v) is 3.18. The molecule has 4 rings (SSSR count). The van der Waals surface area contributed by atoms with Crippen LogP contribution in [0.3, 0.4) is 0 Å². The van der Waals surface area contributed by atoms with E-state index in [9.17, 15) is 14.4 Å². The molecular weight excluding hydrogens is 354 g/mol. The number of benzene rings is 1. The van der Waals surface area contributed by atoms with Crippen LogP contribution in [0.1, 0.15) is 33.8 Å². The molecule has 0 aliphatic carbocycles. The van der Waals surface area contributed by atoms with E-state index >= 15 is 0 Å². The average Bonchev–Trinajstić information content (AvgIpc) is 3.45. The van der Waals surface area contributed by atoms with Crippen LogP contribution < -0.4 is 9.47 Å². The van der Waals surface area contributed by atoms with Crippen molar-refractivity contribution in [3.8, 4) is 11.5 Å². The molecule has 0 radical (unpaired) electrons. The quantitative estimate of drug-likeness (QED) is 0.586. The first kappa shape index (κ1) is 17.1. The summed E-state index contributed by atoms with van der Waals surface area (Å²) in [5.41, 5.74) is 0.363. The lowest BCUT2D eigenvalue weighted by molar-refractivity contribution is -0.147. The molecule has 8 heteroatoms. The first-order valence-corrected chi connectivity index (χ1v) is 8.57. The average molecular weight is 371 g/mol. The van der Waals surface area contributed by atoms with Gasteiger partial charge in [-0.25, -0.2) is 4.79 Å². The molecule has 1 amide bonds. The molecule has 2 aromatic rings. The second-order valence-corrected chi connectivity index (χ2v) is 6.23. The highest BCUT2D eigenvalue weighted by molar-refractivity contribution is 5.99. The minimum atomic E-state index is -0.716. The van der Waals surface area contributed by atoms with Gasteiger partial charge < -0.3 is 23.5 Å². The minimum absolute atomic E-state index is 0.114. The van der Waals surface area contributed by atoms with Crippen LogP contribution in [-0.4, -0.2) is 48.5 Å². The van der Waals surface area contributed by atoms with Crippen LogP contribution in [0.4, 0.5) is 0 Å². The van der Waals surface area contributed by atoms with Gasteiger partial charge in [0, 0.05) is 12.1 Å². The van der Waals surface area contributed by atoms with Gasteiger partial charge in [0.05, 0.1) is 6.26 Å². The van der Waals surface area contributed by atoms with E-state index in [4.69, 9.17) is 18.6 Å². The molecule has 2 aliphatic heterocycles. The number of nitrogens with zero attached hydrogens (tertiary/aromatic N) is 1. The number of ether oxygens (including phenoxy) is 3. The van der Waals surface area contributed by atoms with Crippen molar-refractivity contribution in [1.29, 1.82) is 0 Å². The lowest BCUT2D eigenvalue weighted by Gasteiger charge is -2.22. The third-order valence-electron chi connectivity index (χ3n) is 4.56. The molecule has 2 aliphatic rings. The summed E-state index contributed by atoms with van der Waals surface area (Å²) < 4.78 is 20.7. The number of esters is 1. The molecule has 1 aromatic heterocycles. The number of Topliss-reactive ketones (excluding diaryl/α,β-unsaturated/α-hetero) is 1. The summed E-state index contributed by atoms with van der Waals surface area (Å²) in [4.78, 5) is 38.6. The zero-order valence-electron chi connectivity index (χ0n) is 14.4. The van der Waals surface area contributed by atoms with Gasteiger partial charge in [0.2, 0.25) is 6.79 Å². The summed E-state index contributed by atoms with van der Waals surface area (Å²) in [6.07, 6.45) is 2.58. The number of furan rings is 1. The predicted molar refractivity (Wildman–Crippen MR) is 90.6 cm³/mol. The van der Waals surface area contributed by atoms with E-state index in [1.165, 1.54) is 11.2 Å². The summed E-state index contributed by atoms with van der Waals surface area (Å²) in [5, 5.41) is 0. The second-order valence-electron chi connectivity index (χ2n) is 6.23. The Bertz CT molecular complexity index is 874. The van der Waals surface area contributed by atoms with E-state index in [2.05, 4.69) is 0 Å². The van der Waals surface area contributed by atoms with Crippen molar-refractivity contribution < 1.29 is 33.0 Å². The van der Waals surface area contributed by atoms with Gasteiger partial charge in [-0.1, -0.05) is 0 Å². The molecule has 1 unspecified atom stereocenters. The van der Waals surface area contributed by atoms with E-state index in [-0.39, 0.29) is 24.2 Å². The van der Waals surface area contributed by atoms with Crippen LogP contribution in [0.2, 0.25) is 0 Å². The van der Waals surface area contributed by atoms with Gasteiger partial charge >= 0.3 is 5.97 Å². The number of carbonyl (C=O) groups is 3. The van der Waals surface area contributed by atoms with Crippen LogP contribution in [0.25, 0.3) is 0 Å². The molecule has 140 valence electrons. The Morgan fingerprint density at radius 1 is 1.15 bits per heavy atom. The number of hydrogen-bond donors (Lipinski definition) is 0. The Kier molecular flexibility index (Phi) is 4.53. The van der Waals surface area contributed by atoms with E-state index in [0.29, 0.717) is 36.4 Å². The summed E-state index contributed by atoms with van der Waals surface area (Å²) in [6.45, 7) is 0.149. The minimum Gasteiger partial charge on any atom is -0.459 e. The van der Waals surface area contributed by atoms with Crippen LogP contribution in [0, 0.1) is 0 Å². The van der Waals surface area contributed by atoms with Gasteiger partial charge in [-0.05, 0) is 43.2 Å². The van der Waals surface area contributed by atoms with Crippen molar-refractivity contribution in [1.82, 2.24) is 4.90 Å². The van der Waals surface area contributed by atoms with Crippen LogP contribution in [0.5, 0.6) is 11.5 Å². The van der Waals surface area contributed by atoms with E-state index in [1.807, 2.05) is 0 Å². The molecule has 3 heterocycles. The maximum absolute atomic E-state index is 12.4. The lowest BCUT2D eigenvalue weighted by atomic mass is 10.1. The summed E-state index contributed by atoms with van der Waals surface area (Å²) in [5.74, 6) is -0.0856. The summed E-state index contributed by atoms with van der Waals surface area (Å²) in [6, 6.07) is 7.23. The second kappa shape index (κ2) is 7.14. The Hall–Kier alpha value is -3.29. The number of likely N-dealkylation sites (tertiary alicyclic amines) is 1. The highest BCUT2D eigenvalue weighted by Crippen LogP contribution is 2.32. The molecule has 1 fully saturated rings. The van der Waals surface area contributed by atoms with Crippen LogP contribution in [0.15, 0.2) is 41.0 Å². The van der Waals surface area contributed by atoms with E-state index in [1.54, 1.807) is 30.3 Å². The monoisotopic (exact) mass is 371 g/mol. The fourth-order valence-electron chi connectivity index (χ4n) is 3.18. The van der Waals surface area contributed by atoms with Crippen LogP contribution >= 0.6 is 0 Å². The fraction of sp³-hybridized carbons (Fsp3) is 0.316. The van der Waals surface area contributed by atoms with Crippen LogP contribution in [-0.2, 0) is 9.53 Å². The van der Waals surface area contributed by atoms with Gasteiger partial charge in [0.1, 0.15) is 6.04 Å². The highest BCUT2D eigenvalue weighted by Gasteiger charge is 2.36. The highest BCUT2D eigenvalue weighted by atomic mass is 16.7. The van der Waals surface area contributed by atoms with Gasteiger partial charge in [-0.15, -0.1) is 0 Å². The van der Waals surface area contributed by atoms with E-state index in [0.717, 1.165) is 0 Å². The normalized spacial score (nSPS) is 17.8. The number of hydrogen-bond acceptors (Lipinski definition) is 7. The maximum atomic E-state index is 12.4. The number of fused-ring (bicyclic) bond motifs is 1. The molecule has 27 heavy (non-hydrogen) atoms. The van der Waals surface area contributed by atoms with Crippen molar-refractivity contribution >= 4 is 17.7 Å². The standard InChI is InChI=1S/C19H17NO7/c21-14(12-5-6-15-17(9-12)27-11-26-15)10-25-19(23)13-3-1-7-20(13)18(22)16-4-2-8-24-16/h2,4-6,8-9,13H,1,3,7,10-11H2. The van der Waals surface area contributed by atoms with Crippen molar-refractivity contribution in [3.05, 3.63) is 47.9 Å². The smallest absolute Gasteiger partial charge is 0.329 e. The first-order valence-electron chi connectivity index (χ1n) is 8.57. The predicted octanol–water partition coefficient (Wildman–Crippen LogP) is 2.04. The van der Waals surface area contributed by atoms with Crippen molar-refractivity contribution in [2.24, 2.45) is 0 Å². The van der Waals surface area contributed by atoms with Crippen molar-refractivity contribution in [2.75, 3.05) is 19.9 Å². The van der Waals surface area contributed by atoms with Gasteiger partial charge in [-0.2, -0.15) is 0 Å². The third kappa shape index (κ3) is 3.38. The Morgan fingerprint density at radius 2 is 2.00 bits per heavy atom. The maximum Gasteiger partial charge on any atom is 0.329 e. The SMILES string of the molecule is O=C(COC(=O)C1CCCN1C(=O)c1ccco1)c1ccc2c(c1)OCO2. The van der Waals surface area contributed by atoms with Gasteiger partial charge in [-0.3, -0.25) is 9.59 Å². The lowest BCUT2D eigenvalue weighted by Crippen LogP contribution is -2.41. The molecule has 1 aromatic carbocycles. The molecule has 0 N–H and O–H groups in total. The molecular formula is C19H17NO7. The molecule has 1 saturated heterocycles. The molecule has 1 atom stereocenters. The Morgan fingerprint density at radius 3 is 2.81 bits per heavy atom. The van der Waals surface area contributed by atoms with E-state index < -0.39 is 18.6 Å². The molecule has 0 spiro atoms.